The molecule has 0 aromatic rings. The van der Waals surface area contributed by atoms with Crippen LogP contribution in [0.15, 0.2) is 0 Å². The fourth-order valence-corrected chi connectivity index (χ4v) is 1.85. The second kappa shape index (κ2) is 9.21. The standard InChI is InChI=1S/C9H18N2O2SSe/c1-11(2)7-3-6-10-8(12)4-5-9(13)15-14/h14H,3-7H2,1-2H3,(H,10,12). The van der Waals surface area contributed by atoms with E-state index in [1.807, 2.05) is 14.1 Å². The number of hydrogen-bond donors (Lipinski definition) is 2. The minimum absolute atomic E-state index is 0.0420. The van der Waals surface area contributed by atoms with E-state index in [0.717, 1.165) is 13.0 Å². The molecule has 0 radical (unpaired) electrons. The van der Waals surface area contributed by atoms with Crippen molar-refractivity contribution < 1.29 is 9.59 Å². The van der Waals surface area contributed by atoms with Crippen LogP contribution in [-0.4, -0.2) is 56.5 Å². The Bertz CT molecular complexity index is 212. The van der Waals surface area contributed by atoms with Crippen LogP contribution in [0, 0.1) is 0 Å². The Morgan fingerprint density at radius 2 is 2.00 bits per heavy atom. The van der Waals surface area contributed by atoms with Crippen LogP contribution in [0.4, 0.5) is 0 Å². The molecule has 0 spiro atoms. The fourth-order valence-electron chi connectivity index (χ4n) is 0.973. The van der Waals surface area contributed by atoms with Crippen LogP contribution in [0.1, 0.15) is 19.3 Å². The van der Waals surface area contributed by atoms with Crippen LogP contribution in [0.5, 0.6) is 0 Å². The van der Waals surface area contributed by atoms with Crippen molar-refractivity contribution in [2.45, 2.75) is 19.3 Å². The van der Waals surface area contributed by atoms with E-state index in [2.05, 4.69) is 21.3 Å². The number of nitrogens with one attached hydrogen (secondary N) is 1. The van der Waals surface area contributed by atoms with E-state index in [0.29, 0.717) is 19.4 Å². The zero-order valence-electron chi connectivity index (χ0n) is 9.15. The van der Waals surface area contributed by atoms with Crippen molar-refractivity contribution in [1.82, 2.24) is 10.2 Å². The molecule has 1 amide bonds. The summed E-state index contributed by atoms with van der Waals surface area (Å²) < 4.78 is 0.0780. The minimum atomic E-state index is -0.273. The van der Waals surface area contributed by atoms with E-state index in [4.69, 9.17) is 0 Å². The number of hydrogen-bond acceptors (Lipinski definition) is 4. The molecule has 0 saturated carbocycles. The SMILES string of the molecule is CN(C)CCCNC(=O)CCC(=O)[Se]S. The van der Waals surface area contributed by atoms with E-state index >= 15 is 0 Å². The summed E-state index contributed by atoms with van der Waals surface area (Å²) in [5, 5.41) is 2.78. The predicted molar refractivity (Wildman–Crippen MR) is 65.2 cm³/mol. The van der Waals surface area contributed by atoms with E-state index in [9.17, 15) is 9.59 Å². The van der Waals surface area contributed by atoms with Crippen LogP contribution in [0.3, 0.4) is 0 Å². The molecule has 4 nitrogen and oxygen atoms in total. The Labute approximate surface area is 102 Å². The third-order valence-electron chi connectivity index (χ3n) is 1.76. The molecule has 0 aromatic carbocycles. The van der Waals surface area contributed by atoms with E-state index in [1.165, 1.54) is 0 Å². The zero-order chi connectivity index (χ0) is 11.7. The van der Waals surface area contributed by atoms with E-state index < -0.39 is 0 Å². The first-order chi connectivity index (χ1) is 7.06. The van der Waals surface area contributed by atoms with Crippen LogP contribution in [0.2, 0.25) is 0 Å². The second-order valence-electron chi connectivity index (χ2n) is 3.47. The van der Waals surface area contributed by atoms with Crippen molar-refractivity contribution in [2.75, 3.05) is 27.2 Å². The number of carbonyl (C=O) groups is 2. The number of amides is 1. The third-order valence-corrected chi connectivity index (χ3v) is 3.68. The average molecular weight is 297 g/mol. The molecule has 0 unspecified atom stereocenters. The molecule has 0 atom stereocenters. The zero-order valence-corrected chi connectivity index (χ0v) is 11.8. The van der Waals surface area contributed by atoms with Crippen molar-refractivity contribution in [1.29, 1.82) is 0 Å². The van der Waals surface area contributed by atoms with Gasteiger partial charge in [-0.15, -0.1) is 0 Å². The summed E-state index contributed by atoms with van der Waals surface area (Å²) in [6.45, 7) is 1.64. The first-order valence-corrected chi connectivity index (χ1v) is 8.34. The summed E-state index contributed by atoms with van der Waals surface area (Å²) in [5.74, 6) is -0.0420. The monoisotopic (exact) mass is 298 g/mol. The summed E-state index contributed by atoms with van der Waals surface area (Å²) in [5.41, 5.74) is 0. The second-order valence-corrected chi connectivity index (χ2v) is 5.76. The van der Waals surface area contributed by atoms with Gasteiger partial charge in [-0.3, -0.25) is 0 Å². The van der Waals surface area contributed by atoms with Gasteiger partial charge in [0.1, 0.15) is 0 Å². The Balaban J connectivity index is 3.37. The summed E-state index contributed by atoms with van der Waals surface area (Å²) in [4.78, 5) is 24.2. The van der Waals surface area contributed by atoms with Gasteiger partial charge in [0, 0.05) is 0 Å². The molecule has 0 bridgehead atoms. The number of carbonyl (C=O) groups excluding carboxylic acids is 2. The summed E-state index contributed by atoms with van der Waals surface area (Å²) in [6, 6.07) is 0. The Kier molecular flexibility index (Phi) is 9.20. The van der Waals surface area contributed by atoms with E-state index in [1.54, 1.807) is 0 Å². The van der Waals surface area contributed by atoms with Gasteiger partial charge in [-0.05, 0) is 0 Å². The van der Waals surface area contributed by atoms with Crippen LogP contribution >= 0.6 is 11.0 Å². The summed E-state index contributed by atoms with van der Waals surface area (Å²) in [7, 11) is 3.99. The van der Waals surface area contributed by atoms with Gasteiger partial charge in [0.05, 0.1) is 0 Å². The molecule has 6 heteroatoms. The van der Waals surface area contributed by atoms with Gasteiger partial charge in [-0.2, -0.15) is 0 Å². The Morgan fingerprint density at radius 3 is 2.53 bits per heavy atom. The van der Waals surface area contributed by atoms with Crippen LogP contribution in [0.25, 0.3) is 0 Å². The summed E-state index contributed by atoms with van der Waals surface area (Å²) in [6.07, 6.45) is 1.55. The molecule has 15 heavy (non-hydrogen) atoms. The molecular weight excluding hydrogens is 279 g/mol. The average Bonchev–Trinajstić information content (AvgIpc) is 2.20. The molecule has 0 heterocycles. The van der Waals surface area contributed by atoms with Crippen molar-refractivity contribution in [3.8, 4) is 0 Å². The van der Waals surface area contributed by atoms with Gasteiger partial charge < -0.3 is 0 Å². The van der Waals surface area contributed by atoms with Crippen molar-refractivity contribution in [3.05, 3.63) is 0 Å². The molecule has 0 saturated heterocycles. The van der Waals surface area contributed by atoms with Gasteiger partial charge in [0.15, 0.2) is 0 Å². The predicted octanol–water partition coefficient (Wildman–Crippen LogP) is -0.0899. The molecule has 88 valence electrons. The normalized spacial score (nSPS) is 10.4. The molecule has 0 aliphatic carbocycles. The molecule has 0 fully saturated rings. The number of nitrogens with zero attached hydrogens (tertiary/aromatic N) is 1. The maximum atomic E-state index is 11.2. The topological polar surface area (TPSA) is 49.4 Å². The first-order valence-electron chi connectivity index (χ1n) is 4.82. The first kappa shape index (κ1) is 15.0. The van der Waals surface area contributed by atoms with Crippen molar-refractivity contribution in [2.24, 2.45) is 0 Å². The number of thiol groups is 1. The maximum absolute atomic E-state index is 11.2. The molecule has 0 aliphatic heterocycles. The quantitative estimate of drug-likeness (QED) is 0.374. The molecule has 0 aliphatic rings. The summed E-state index contributed by atoms with van der Waals surface area (Å²) >= 11 is 3.63. The molecule has 0 rings (SSSR count). The van der Waals surface area contributed by atoms with Gasteiger partial charge in [-0.25, -0.2) is 0 Å². The van der Waals surface area contributed by atoms with Crippen LogP contribution in [-0.2, 0) is 9.59 Å². The van der Waals surface area contributed by atoms with Crippen LogP contribution < -0.4 is 5.32 Å². The van der Waals surface area contributed by atoms with Crippen molar-refractivity contribution >= 4 is 35.5 Å². The fraction of sp³-hybridized carbons (Fsp3) is 0.778. The van der Waals surface area contributed by atoms with Crippen molar-refractivity contribution in [3.63, 3.8) is 0 Å². The third kappa shape index (κ3) is 10.3. The van der Waals surface area contributed by atoms with Gasteiger partial charge in [0.25, 0.3) is 0 Å². The van der Waals surface area contributed by atoms with E-state index in [-0.39, 0.29) is 24.4 Å². The van der Waals surface area contributed by atoms with Gasteiger partial charge >= 0.3 is 102 Å². The molecule has 0 aromatic heterocycles. The Morgan fingerprint density at radius 1 is 1.33 bits per heavy atom. The number of rotatable bonds is 8. The molecule has 1 N–H and O–H groups in total. The molecular formula is C9H18N2O2SSe. The van der Waals surface area contributed by atoms with Gasteiger partial charge in [0.2, 0.25) is 0 Å². The van der Waals surface area contributed by atoms with Gasteiger partial charge in [-0.1, -0.05) is 0 Å². The Hall–Kier alpha value is -0.0305.